The van der Waals surface area contributed by atoms with Gasteiger partial charge in [0.1, 0.15) is 0 Å². The maximum absolute atomic E-state index is 6.26. The van der Waals surface area contributed by atoms with Crippen LogP contribution >= 0.6 is 0 Å². The number of hydrogen-bond acceptors (Lipinski definition) is 4. The molecule has 1 heterocycles. The van der Waals surface area contributed by atoms with Crippen LogP contribution in [0.3, 0.4) is 0 Å². The lowest BCUT2D eigenvalue weighted by molar-refractivity contribution is 0.241. The highest BCUT2D eigenvalue weighted by Gasteiger charge is 2.27. The number of nitrogens with zero attached hydrogens (tertiary/aromatic N) is 2. The molecule has 0 radical (unpaired) electrons. The molecule has 1 aliphatic carbocycles. The maximum atomic E-state index is 6.26. The summed E-state index contributed by atoms with van der Waals surface area (Å²) in [5, 5.41) is 0. The second-order valence-corrected chi connectivity index (χ2v) is 5.62. The van der Waals surface area contributed by atoms with Crippen molar-refractivity contribution in [2.24, 2.45) is 5.73 Å². The Hall–Kier alpha value is -1.29. The van der Waals surface area contributed by atoms with E-state index in [0.717, 1.165) is 24.4 Å². The van der Waals surface area contributed by atoms with E-state index in [4.69, 9.17) is 10.5 Å². The molecule has 4 nitrogen and oxygen atoms in total. The Labute approximate surface area is 116 Å². The molecule has 0 amide bonds. The topological polar surface area (TPSA) is 51.4 Å². The van der Waals surface area contributed by atoms with Crippen molar-refractivity contribution >= 4 is 5.82 Å². The minimum Gasteiger partial charge on any atom is -0.487 e. The highest BCUT2D eigenvalue weighted by molar-refractivity contribution is 5.52. The minimum atomic E-state index is 0.149. The fourth-order valence-electron chi connectivity index (χ4n) is 2.77. The molecule has 1 aromatic rings. The molecule has 106 valence electrons. The Morgan fingerprint density at radius 1 is 1.37 bits per heavy atom. The average Bonchev–Trinajstić information content (AvgIpc) is 2.38. The lowest BCUT2D eigenvalue weighted by atomic mass is 9.90. The molecular formula is C15H25N3O. The quantitative estimate of drug-likeness (QED) is 0.907. The van der Waals surface area contributed by atoms with Crippen molar-refractivity contribution in [2.45, 2.75) is 57.7 Å². The van der Waals surface area contributed by atoms with Gasteiger partial charge in [-0.15, -0.1) is 0 Å². The van der Waals surface area contributed by atoms with Gasteiger partial charge in [0.05, 0.1) is 6.10 Å². The molecule has 2 rings (SSSR count). The molecule has 4 heteroatoms. The fourth-order valence-corrected chi connectivity index (χ4v) is 2.77. The molecule has 2 atom stereocenters. The van der Waals surface area contributed by atoms with Gasteiger partial charge in [-0.3, -0.25) is 0 Å². The monoisotopic (exact) mass is 263 g/mol. The van der Waals surface area contributed by atoms with Crippen molar-refractivity contribution in [3.63, 3.8) is 0 Å². The SMILES string of the molecule is CC(C)Oc1cccnc1N(C)C1CCCCC1N. The molecule has 2 N–H and O–H groups in total. The van der Waals surface area contributed by atoms with E-state index in [-0.39, 0.29) is 12.1 Å². The summed E-state index contributed by atoms with van der Waals surface area (Å²) >= 11 is 0. The van der Waals surface area contributed by atoms with E-state index < -0.39 is 0 Å². The molecule has 0 bridgehead atoms. The number of likely N-dealkylation sites (N-methyl/N-ethyl adjacent to an activating group) is 1. The summed E-state index contributed by atoms with van der Waals surface area (Å²) in [7, 11) is 2.07. The van der Waals surface area contributed by atoms with Crippen LogP contribution < -0.4 is 15.4 Å². The largest absolute Gasteiger partial charge is 0.487 e. The third-order valence-corrected chi connectivity index (χ3v) is 3.73. The van der Waals surface area contributed by atoms with E-state index in [1.165, 1.54) is 12.8 Å². The van der Waals surface area contributed by atoms with Gasteiger partial charge in [0.2, 0.25) is 0 Å². The van der Waals surface area contributed by atoms with Crippen LogP contribution in [-0.4, -0.2) is 30.2 Å². The molecule has 0 spiro atoms. The summed E-state index contributed by atoms with van der Waals surface area (Å²) in [6.07, 6.45) is 6.68. The summed E-state index contributed by atoms with van der Waals surface area (Å²) in [6.45, 7) is 4.06. The predicted octanol–water partition coefficient (Wildman–Crippen LogP) is 2.57. The molecule has 0 saturated heterocycles. The molecule has 1 fully saturated rings. The van der Waals surface area contributed by atoms with E-state index in [1.54, 1.807) is 0 Å². The summed E-state index contributed by atoms with van der Waals surface area (Å²) in [5.74, 6) is 1.75. The van der Waals surface area contributed by atoms with Crippen LogP contribution in [0.15, 0.2) is 18.3 Å². The second-order valence-electron chi connectivity index (χ2n) is 5.62. The van der Waals surface area contributed by atoms with Gasteiger partial charge in [-0.25, -0.2) is 4.98 Å². The smallest absolute Gasteiger partial charge is 0.171 e. The zero-order valence-electron chi connectivity index (χ0n) is 12.2. The molecule has 0 aliphatic heterocycles. The Balaban J connectivity index is 2.20. The molecule has 2 unspecified atom stereocenters. The summed E-state index contributed by atoms with van der Waals surface area (Å²) in [5.41, 5.74) is 6.26. The lowest BCUT2D eigenvalue weighted by Crippen LogP contribution is -2.48. The van der Waals surface area contributed by atoms with Crippen molar-refractivity contribution < 1.29 is 4.74 Å². The normalized spacial score (nSPS) is 23.4. The number of ether oxygens (including phenoxy) is 1. The summed E-state index contributed by atoms with van der Waals surface area (Å²) in [4.78, 5) is 6.68. The number of aromatic nitrogens is 1. The van der Waals surface area contributed by atoms with Crippen LogP contribution in [0.5, 0.6) is 5.75 Å². The fraction of sp³-hybridized carbons (Fsp3) is 0.667. The van der Waals surface area contributed by atoms with Gasteiger partial charge in [-0.2, -0.15) is 0 Å². The zero-order chi connectivity index (χ0) is 13.8. The predicted molar refractivity (Wildman–Crippen MR) is 78.6 cm³/mol. The van der Waals surface area contributed by atoms with Crippen molar-refractivity contribution in [1.82, 2.24) is 4.98 Å². The van der Waals surface area contributed by atoms with Gasteiger partial charge >= 0.3 is 0 Å². The van der Waals surface area contributed by atoms with Gasteiger partial charge in [0, 0.05) is 25.3 Å². The van der Waals surface area contributed by atoms with Crippen LogP contribution in [0, 0.1) is 0 Å². The first-order chi connectivity index (χ1) is 9.09. The van der Waals surface area contributed by atoms with Gasteiger partial charge in [0.25, 0.3) is 0 Å². The Kier molecular flexibility index (Phi) is 4.64. The van der Waals surface area contributed by atoms with Crippen molar-refractivity contribution in [2.75, 3.05) is 11.9 Å². The molecule has 0 aromatic carbocycles. The van der Waals surface area contributed by atoms with Gasteiger partial charge in [-0.05, 0) is 38.8 Å². The average molecular weight is 263 g/mol. The number of pyridine rings is 1. The number of anilines is 1. The number of hydrogen-bond donors (Lipinski definition) is 1. The number of nitrogens with two attached hydrogens (primary N) is 1. The van der Waals surface area contributed by atoms with Gasteiger partial charge in [0.15, 0.2) is 11.6 Å². The maximum Gasteiger partial charge on any atom is 0.171 e. The Bertz CT molecular complexity index is 408. The van der Waals surface area contributed by atoms with Crippen LogP contribution in [0.4, 0.5) is 5.82 Å². The first kappa shape index (κ1) is 14.1. The molecule has 1 aromatic heterocycles. The number of rotatable bonds is 4. The Morgan fingerprint density at radius 3 is 2.79 bits per heavy atom. The van der Waals surface area contributed by atoms with E-state index in [2.05, 4.69) is 16.9 Å². The van der Waals surface area contributed by atoms with Crippen LogP contribution in [-0.2, 0) is 0 Å². The lowest BCUT2D eigenvalue weighted by Gasteiger charge is -2.37. The van der Waals surface area contributed by atoms with Crippen LogP contribution in [0.25, 0.3) is 0 Å². The van der Waals surface area contributed by atoms with Crippen molar-refractivity contribution in [1.29, 1.82) is 0 Å². The second kappa shape index (κ2) is 6.24. The first-order valence-electron chi connectivity index (χ1n) is 7.19. The first-order valence-corrected chi connectivity index (χ1v) is 7.19. The van der Waals surface area contributed by atoms with E-state index in [1.807, 2.05) is 32.2 Å². The third-order valence-electron chi connectivity index (χ3n) is 3.73. The molecule has 19 heavy (non-hydrogen) atoms. The minimum absolute atomic E-state index is 0.149. The molecular weight excluding hydrogens is 238 g/mol. The van der Waals surface area contributed by atoms with E-state index in [0.29, 0.717) is 6.04 Å². The molecule has 1 aliphatic rings. The standard InChI is InChI=1S/C15H25N3O/c1-11(2)19-14-9-6-10-17-15(14)18(3)13-8-5-4-7-12(13)16/h6,9-13H,4-5,7-8,16H2,1-3H3. The van der Waals surface area contributed by atoms with Crippen LogP contribution in [0.1, 0.15) is 39.5 Å². The van der Waals surface area contributed by atoms with Crippen molar-refractivity contribution in [3.8, 4) is 5.75 Å². The zero-order valence-corrected chi connectivity index (χ0v) is 12.2. The highest BCUT2D eigenvalue weighted by Crippen LogP contribution is 2.30. The Morgan fingerprint density at radius 2 is 2.11 bits per heavy atom. The van der Waals surface area contributed by atoms with Crippen LogP contribution in [0.2, 0.25) is 0 Å². The van der Waals surface area contributed by atoms with E-state index >= 15 is 0 Å². The van der Waals surface area contributed by atoms with Gasteiger partial charge < -0.3 is 15.4 Å². The summed E-state index contributed by atoms with van der Waals surface area (Å²) < 4.78 is 5.85. The highest BCUT2D eigenvalue weighted by atomic mass is 16.5. The third kappa shape index (κ3) is 3.38. The molecule has 1 saturated carbocycles. The summed E-state index contributed by atoms with van der Waals surface area (Å²) in [6, 6.07) is 4.48. The van der Waals surface area contributed by atoms with E-state index in [9.17, 15) is 0 Å². The van der Waals surface area contributed by atoms with Crippen molar-refractivity contribution in [3.05, 3.63) is 18.3 Å². The van der Waals surface area contributed by atoms with Gasteiger partial charge in [-0.1, -0.05) is 12.8 Å².